The fourth-order valence-electron chi connectivity index (χ4n) is 2.66. The molecule has 1 aromatic carbocycles. The first-order valence-corrected chi connectivity index (χ1v) is 8.74. The van der Waals surface area contributed by atoms with E-state index in [1.54, 1.807) is 18.2 Å². The lowest BCUT2D eigenvalue weighted by Gasteiger charge is -2.24. The SMILES string of the molecule is Cl.O=S(=O)(NCC1CCCNC1)c1cccc2c1OCCO2. The first-order valence-electron chi connectivity index (χ1n) is 7.26. The molecule has 2 aliphatic rings. The summed E-state index contributed by atoms with van der Waals surface area (Å²) < 4.78 is 38.6. The van der Waals surface area contributed by atoms with Gasteiger partial charge in [0, 0.05) is 6.54 Å². The molecule has 1 unspecified atom stereocenters. The normalized spacial score (nSPS) is 21.0. The maximum Gasteiger partial charge on any atom is 0.244 e. The van der Waals surface area contributed by atoms with Crippen molar-refractivity contribution in [1.82, 2.24) is 10.0 Å². The van der Waals surface area contributed by atoms with E-state index in [0.29, 0.717) is 37.2 Å². The van der Waals surface area contributed by atoms with Gasteiger partial charge in [0.15, 0.2) is 11.5 Å². The van der Waals surface area contributed by atoms with Gasteiger partial charge >= 0.3 is 0 Å². The summed E-state index contributed by atoms with van der Waals surface area (Å²) in [5.74, 6) is 1.15. The summed E-state index contributed by atoms with van der Waals surface area (Å²) in [5.41, 5.74) is 0. The van der Waals surface area contributed by atoms with Crippen molar-refractivity contribution in [2.45, 2.75) is 17.7 Å². The third-order valence-corrected chi connectivity index (χ3v) is 5.23. The summed E-state index contributed by atoms with van der Waals surface area (Å²) in [5, 5.41) is 3.28. The lowest BCUT2D eigenvalue weighted by molar-refractivity contribution is 0.167. The second-order valence-electron chi connectivity index (χ2n) is 5.34. The number of fused-ring (bicyclic) bond motifs is 1. The van der Waals surface area contributed by atoms with Crippen LogP contribution >= 0.6 is 12.4 Å². The van der Waals surface area contributed by atoms with Crippen LogP contribution in [0.3, 0.4) is 0 Å². The Morgan fingerprint density at radius 2 is 2.09 bits per heavy atom. The van der Waals surface area contributed by atoms with Gasteiger partial charge in [-0.3, -0.25) is 0 Å². The van der Waals surface area contributed by atoms with Gasteiger partial charge in [0.1, 0.15) is 18.1 Å². The molecule has 1 fully saturated rings. The van der Waals surface area contributed by atoms with E-state index in [9.17, 15) is 8.42 Å². The van der Waals surface area contributed by atoms with Gasteiger partial charge in [-0.15, -0.1) is 12.4 Å². The number of hydrogen-bond acceptors (Lipinski definition) is 5. The average molecular weight is 349 g/mol. The van der Waals surface area contributed by atoms with Crippen LogP contribution in [0.25, 0.3) is 0 Å². The third kappa shape index (κ3) is 3.84. The van der Waals surface area contributed by atoms with Gasteiger partial charge < -0.3 is 14.8 Å². The minimum atomic E-state index is -3.58. The minimum Gasteiger partial charge on any atom is -0.486 e. The second kappa shape index (κ2) is 7.50. The maximum atomic E-state index is 12.5. The highest BCUT2D eigenvalue weighted by Gasteiger charge is 2.26. The van der Waals surface area contributed by atoms with Crippen molar-refractivity contribution in [2.75, 3.05) is 32.8 Å². The third-order valence-electron chi connectivity index (χ3n) is 3.78. The summed E-state index contributed by atoms with van der Waals surface area (Å²) in [4.78, 5) is 0.156. The number of para-hydroxylation sites is 1. The molecule has 124 valence electrons. The van der Waals surface area contributed by atoms with E-state index in [1.807, 2.05) is 0 Å². The molecule has 0 radical (unpaired) electrons. The van der Waals surface area contributed by atoms with E-state index in [1.165, 1.54) is 0 Å². The fraction of sp³-hybridized carbons (Fsp3) is 0.571. The lowest BCUT2D eigenvalue weighted by atomic mass is 10.0. The van der Waals surface area contributed by atoms with E-state index in [4.69, 9.17) is 9.47 Å². The van der Waals surface area contributed by atoms with Gasteiger partial charge in [-0.25, -0.2) is 13.1 Å². The molecule has 2 aliphatic heterocycles. The second-order valence-corrected chi connectivity index (χ2v) is 7.08. The molecule has 1 aromatic rings. The number of nitrogens with one attached hydrogen (secondary N) is 2. The summed E-state index contributed by atoms with van der Waals surface area (Å²) in [6.07, 6.45) is 2.13. The first-order chi connectivity index (χ1) is 10.2. The highest BCUT2D eigenvalue weighted by Crippen LogP contribution is 2.36. The topological polar surface area (TPSA) is 76.7 Å². The van der Waals surface area contributed by atoms with Crippen LogP contribution in [0, 0.1) is 5.92 Å². The quantitative estimate of drug-likeness (QED) is 0.853. The summed E-state index contributed by atoms with van der Waals surface area (Å²) in [6, 6.07) is 4.94. The monoisotopic (exact) mass is 348 g/mol. The number of halogens is 1. The number of piperidine rings is 1. The Morgan fingerprint density at radius 1 is 1.27 bits per heavy atom. The highest BCUT2D eigenvalue weighted by atomic mass is 35.5. The van der Waals surface area contributed by atoms with Crippen molar-refractivity contribution >= 4 is 22.4 Å². The van der Waals surface area contributed by atoms with Crippen LogP contribution in [0.1, 0.15) is 12.8 Å². The molecule has 2 heterocycles. The summed E-state index contributed by atoms with van der Waals surface area (Å²) in [7, 11) is -3.58. The summed E-state index contributed by atoms with van der Waals surface area (Å²) in [6.45, 7) is 3.12. The van der Waals surface area contributed by atoms with Crippen molar-refractivity contribution in [2.24, 2.45) is 5.92 Å². The highest BCUT2D eigenvalue weighted by molar-refractivity contribution is 7.89. The van der Waals surface area contributed by atoms with Gasteiger partial charge in [0.2, 0.25) is 10.0 Å². The van der Waals surface area contributed by atoms with Crippen LogP contribution in [-0.2, 0) is 10.0 Å². The number of sulfonamides is 1. The molecule has 6 nitrogen and oxygen atoms in total. The molecule has 8 heteroatoms. The minimum absolute atomic E-state index is 0. The number of hydrogen-bond donors (Lipinski definition) is 2. The van der Waals surface area contributed by atoms with Gasteiger partial charge in [0.05, 0.1) is 0 Å². The molecule has 0 amide bonds. The predicted molar refractivity (Wildman–Crippen MR) is 85.5 cm³/mol. The smallest absolute Gasteiger partial charge is 0.244 e. The zero-order valence-electron chi connectivity index (χ0n) is 12.2. The van der Waals surface area contributed by atoms with E-state index >= 15 is 0 Å². The van der Waals surface area contributed by atoms with Gasteiger partial charge in [-0.1, -0.05) is 6.07 Å². The Bertz CT molecular complexity index is 603. The van der Waals surface area contributed by atoms with Gasteiger partial charge in [-0.05, 0) is 44.0 Å². The van der Waals surface area contributed by atoms with Crippen molar-refractivity contribution in [3.63, 3.8) is 0 Å². The number of rotatable bonds is 4. The molecule has 0 aromatic heterocycles. The lowest BCUT2D eigenvalue weighted by Crippen LogP contribution is -2.38. The molecule has 22 heavy (non-hydrogen) atoms. The molecule has 1 atom stereocenters. The van der Waals surface area contributed by atoms with Crippen LogP contribution in [0.5, 0.6) is 11.5 Å². The van der Waals surface area contributed by atoms with E-state index in [-0.39, 0.29) is 17.3 Å². The maximum absolute atomic E-state index is 12.5. The zero-order valence-corrected chi connectivity index (χ0v) is 13.8. The molecule has 2 N–H and O–H groups in total. The Kier molecular flexibility index (Phi) is 5.91. The van der Waals surface area contributed by atoms with Crippen LogP contribution in [-0.4, -0.2) is 41.3 Å². The van der Waals surface area contributed by atoms with Crippen LogP contribution in [0.4, 0.5) is 0 Å². The standard InChI is InChI=1S/C14H20N2O4S.ClH/c17-21(18,16-10-11-3-2-6-15-9-11)13-5-1-4-12-14(13)20-8-7-19-12;/h1,4-5,11,15-16H,2-3,6-10H2;1H. The molecular weight excluding hydrogens is 328 g/mol. The molecule has 0 saturated carbocycles. The molecule has 0 bridgehead atoms. The molecule has 1 saturated heterocycles. The number of ether oxygens (including phenoxy) is 2. The Hall–Kier alpha value is -1.02. The molecule has 0 aliphatic carbocycles. The van der Waals surface area contributed by atoms with Crippen molar-refractivity contribution in [3.05, 3.63) is 18.2 Å². The Labute approximate surface area is 137 Å². The number of benzene rings is 1. The van der Waals surface area contributed by atoms with Crippen molar-refractivity contribution in [3.8, 4) is 11.5 Å². The van der Waals surface area contributed by atoms with Crippen LogP contribution in [0.2, 0.25) is 0 Å². The molecule has 3 rings (SSSR count). The van der Waals surface area contributed by atoms with Gasteiger partial charge in [0.25, 0.3) is 0 Å². The van der Waals surface area contributed by atoms with Crippen molar-refractivity contribution < 1.29 is 17.9 Å². The van der Waals surface area contributed by atoms with E-state index in [0.717, 1.165) is 25.9 Å². The van der Waals surface area contributed by atoms with Crippen LogP contribution < -0.4 is 19.5 Å². The average Bonchev–Trinajstić information content (AvgIpc) is 2.53. The van der Waals surface area contributed by atoms with Crippen LogP contribution in [0.15, 0.2) is 23.1 Å². The largest absolute Gasteiger partial charge is 0.486 e. The summed E-state index contributed by atoms with van der Waals surface area (Å²) >= 11 is 0. The Balaban J connectivity index is 0.00000176. The predicted octanol–water partition coefficient (Wildman–Crippen LogP) is 1.16. The fourth-order valence-corrected chi connectivity index (χ4v) is 3.93. The molecule has 0 spiro atoms. The Morgan fingerprint density at radius 3 is 2.86 bits per heavy atom. The van der Waals surface area contributed by atoms with Gasteiger partial charge in [-0.2, -0.15) is 0 Å². The van der Waals surface area contributed by atoms with Crippen molar-refractivity contribution in [1.29, 1.82) is 0 Å². The first kappa shape index (κ1) is 17.3. The van der Waals surface area contributed by atoms with E-state index in [2.05, 4.69) is 10.0 Å². The molecular formula is C14H21ClN2O4S. The zero-order chi connectivity index (χ0) is 14.7. The van der Waals surface area contributed by atoms with E-state index < -0.39 is 10.0 Å².